The molecule has 36 heavy (non-hydrogen) atoms. The Hall–Kier alpha value is -3.09. The van der Waals surface area contributed by atoms with E-state index < -0.39 is 40.9 Å². The molecule has 0 atom stereocenters. The summed E-state index contributed by atoms with van der Waals surface area (Å²) in [6.45, 7) is 0.867. The number of nitrogens with zero attached hydrogens (tertiary/aromatic N) is 1. The molecule has 0 unspecified atom stereocenters. The fraction of sp³-hybridized carbons (Fsp3) is 0.304. The molecule has 0 spiro atoms. The first kappa shape index (κ1) is 27.5. The van der Waals surface area contributed by atoms with Crippen LogP contribution in [0, 0.1) is 6.92 Å². The molecular formula is C23H22ClF3N2O6S. The van der Waals surface area contributed by atoms with E-state index in [-0.39, 0.29) is 33.2 Å². The number of benzene rings is 2. The smallest absolute Gasteiger partial charge is 0.414 e. The van der Waals surface area contributed by atoms with Crippen molar-refractivity contribution >= 4 is 38.7 Å². The fourth-order valence-corrected chi connectivity index (χ4v) is 4.60. The van der Waals surface area contributed by atoms with Crippen molar-refractivity contribution in [3.63, 3.8) is 0 Å². The molecule has 0 fully saturated rings. The lowest BCUT2D eigenvalue weighted by atomic mass is 9.99. The number of nitrogens with one attached hydrogen (secondary N) is 1. The molecule has 8 nitrogen and oxygen atoms in total. The number of carbonyl (C=O) groups excluding carboxylic acids is 1. The van der Waals surface area contributed by atoms with Crippen LogP contribution in [0.4, 0.5) is 18.0 Å². The minimum Gasteiger partial charge on any atom is -0.422 e. The molecule has 3 aromatic rings. The van der Waals surface area contributed by atoms with E-state index >= 15 is 0 Å². The number of ether oxygens (including phenoxy) is 1. The first-order valence-electron chi connectivity index (χ1n) is 10.5. The number of fused-ring (bicyclic) bond motifs is 1. The summed E-state index contributed by atoms with van der Waals surface area (Å²) in [5.41, 5.74) is 0.619. The average molecular weight is 547 g/mol. The summed E-state index contributed by atoms with van der Waals surface area (Å²) in [6, 6.07) is 8.34. The summed E-state index contributed by atoms with van der Waals surface area (Å²) in [5.74, 6) is 0.00842. The molecule has 0 aliphatic rings. The van der Waals surface area contributed by atoms with Gasteiger partial charge in [0.2, 0.25) is 10.0 Å². The van der Waals surface area contributed by atoms with Crippen LogP contribution in [0.2, 0.25) is 5.02 Å². The Kier molecular flexibility index (Phi) is 8.01. The lowest BCUT2D eigenvalue weighted by molar-refractivity contribution is -0.132. The molecule has 13 heteroatoms. The second-order valence-corrected chi connectivity index (χ2v) is 10.3. The number of carbonyl (C=O) groups is 1. The number of alkyl halides is 3. The number of hydrogen-bond donors (Lipinski definition) is 1. The van der Waals surface area contributed by atoms with Crippen LogP contribution in [0.1, 0.15) is 23.1 Å². The van der Waals surface area contributed by atoms with Gasteiger partial charge in [-0.25, -0.2) is 22.7 Å². The molecule has 0 saturated heterocycles. The zero-order valence-corrected chi connectivity index (χ0v) is 21.0. The minimum absolute atomic E-state index is 0.00842. The number of sulfonamides is 1. The molecule has 0 radical (unpaired) electrons. The summed E-state index contributed by atoms with van der Waals surface area (Å²) < 4.78 is 74.4. The van der Waals surface area contributed by atoms with Gasteiger partial charge in [0.05, 0.1) is 16.3 Å². The fourth-order valence-electron chi connectivity index (χ4n) is 3.29. The van der Waals surface area contributed by atoms with Crippen LogP contribution in [0.25, 0.3) is 11.0 Å². The van der Waals surface area contributed by atoms with E-state index in [2.05, 4.69) is 0 Å². The molecular weight excluding hydrogens is 525 g/mol. The molecule has 1 heterocycles. The molecule has 1 aromatic heterocycles. The van der Waals surface area contributed by atoms with Gasteiger partial charge in [-0.15, -0.1) is 0 Å². The molecule has 1 N–H and O–H groups in total. The highest BCUT2D eigenvalue weighted by molar-refractivity contribution is 7.89. The third kappa shape index (κ3) is 6.56. The molecule has 194 valence electrons. The van der Waals surface area contributed by atoms with Gasteiger partial charge in [0, 0.05) is 44.1 Å². The topological polar surface area (TPSA) is 106 Å². The SMILES string of the molecule is Cc1c(Cc2cccc(S(=O)(=O)NCCC(F)(F)F)c2)c(=O)oc2cc(OC(=O)N(C)C)c(Cl)cc12. The maximum Gasteiger partial charge on any atom is 0.414 e. The van der Waals surface area contributed by atoms with Crippen molar-refractivity contribution in [2.45, 2.75) is 30.8 Å². The van der Waals surface area contributed by atoms with Gasteiger partial charge in [-0.1, -0.05) is 23.7 Å². The van der Waals surface area contributed by atoms with E-state index in [1.54, 1.807) is 13.0 Å². The van der Waals surface area contributed by atoms with E-state index in [0.29, 0.717) is 16.5 Å². The van der Waals surface area contributed by atoms with Gasteiger partial charge in [-0.2, -0.15) is 13.2 Å². The van der Waals surface area contributed by atoms with Gasteiger partial charge < -0.3 is 14.1 Å². The summed E-state index contributed by atoms with van der Waals surface area (Å²) in [6.07, 6.45) is -6.48. The monoisotopic (exact) mass is 546 g/mol. The van der Waals surface area contributed by atoms with Gasteiger partial charge in [0.1, 0.15) is 5.58 Å². The highest BCUT2D eigenvalue weighted by atomic mass is 35.5. The second kappa shape index (κ2) is 10.5. The first-order valence-corrected chi connectivity index (χ1v) is 12.3. The number of amides is 1. The maximum absolute atomic E-state index is 12.7. The van der Waals surface area contributed by atoms with Crippen molar-refractivity contribution in [3.8, 4) is 5.75 Å². The zero-order chi connectivity index (χ0) is 26.8. The summed E-state index contributed by atoms with van der Waals surface area (Å²) in [4.78, 5) is 25.6. The Balaban J connectivity index is 1.91. The number of rotatable bonds is 7. The predicted molar refractivity (Wildman–Crippen MR) is 127 cm³/mol. The largest absolute Gasteiger partial charge is 0.422 e. The van der Waals surface area contributed by atoms with Crippen molar-refractivity contribution in [3.05, 3.63) is 68.5 Å². The molecule has 0 aliphatic heterocycles. The van der Waals surface area contributed by atoms with Gasteiger partial charge in [0.15, 0.2) is 5.75 Å². The van der Waals surface area contributed by atoms with E-state index in [1.807, 2.05) is 4.72 Å². The third-order valence-corrected chi connectivity index (χ3v) is 6.95. The van der Waals surface area contributed by atoms with Crippen molar-refractivity contribution < 1.29 is 35.5 Å². The van der Waals surface area contributed by atoms with Crippen LogP contribution in [0.15, 0.2) is 50.5 Å². The van der Waals surface area contributed by atoms with Crippen LogP contribution in [0.3, 0.4) is 0 Å². The van der Waals surface area contributed by atoms with Crippen LogP contribution >= 0.6 is 11.6 Å². The molecule has 0 aliphatic carbocycles. The van der Waals surface area contributed by atoms with Gasteiger partial charge >= 0.3 is 17.9 Å². The molecule has 1 amide bonds. The van der Waals surface area contributed by atoms with Gasteiger partial charge in [-0.3, -0.25) is 0 Å². The molecule has 0 bridgehead atoms. The van der Waals surface area contributed by atoms with Gasteiger partial charge in [-0.05, 0) is 36.2 Å². The highest BCUT2D eigenvalue weighted by Gasteiger charge is 2.27. The third-order valence-electron chi connectivity index (χ3n) is 5.19. The minimum atomic E-state index is -4.50. The van der Waals surface area contributed by atoms with Crippen molar-refractivity contribution in [1.82, 2.24) is 9.62 Å². The van der Waals surface area contributed by atoms with Crippen molar-refractivity contribution in [2.24, 2.45) is 0 Å². The van der Waals surface area contributed by atoms with Crippen molar-refractivity contribution in [2.75, 3.05) is 20.6 Å². The van der Waals surface area contributed by atoms with Crippen LogP contribution in [-0.4, -0.2) is 46.2 Å². The van der Waals surface area contributed by atoms with Crippen molar-refractivity contribution in [1.29, 1.82) is 0 Å². The quantitative estimate of drug-likeness (QED) is 0.433. The van der Waals surface area contributed by atoms with Crippen LogP contribution < -0.4 is 15.1 Å². The normalized spacial score (nSPS) is 12.1. The van der Waals surface area contributed by atoms with E-state index in [9.17, 15) is 31.2 Å². The Labute approximate surface area is 209 Å². The average Bonchev–Trinajstić information content (AvgIpc) is 2.77. The standard InChI is InChI=1S/C23H22ClF3N2O6S/c1-13-16-11-18(24)20(35-22(31)29(2)3)12-19(16)34-21(30)17(13)10-14-5-4-6-15(9-14)36(32,33)28-8-7-23(25,26)27/h4-6,9,11-12,28H,7-8,10H2,1-3H3. The highest BCUT2D eigenvalue weighted by Crippen LogP contribution is 2.32. The number of halogens is 4. The summed E-state index contributed by atoms with van der Waals surface area (Å²) in [5, 5.41) is 0.593. The van der Waals surface area contributed by atoms with E-state index in [1.165, 1.54) is 49.3 Å². The summed E-state index contributed by atoms with van der Waals surface area (Å²) in [7, 11) is -1.21. The second-order valence-electron chi connectivity index (χ2n) is 8.12. The maximum atomic E-state index is 12.7. The first-order chi connectivity index (χ1) is 16.7. The molecule has 2 aromatic carbocycles. The van der Waals surface area contributed by atoms with Crippen LogP contribution in [0.5, 0.6) is 5.75 Å². The van der Waals surface area contributed by atoms with Crippen LogP contribution in [-0.2, 0) is 16.4 Å². The van der Waals surface area contributed by atoms with Gasteiger partial charge in [0.25, 0.3) is 0 Å². The van der Waals surface area contributed by atoms with E-state index in [4.69, 9.17) is 20.8 Å². The summed E-state index contributed by atoms with van der Waals surface area (Å²) >= 11 is 6.26. The lowest BCUT2D eigenvalue weighted by Crippen LogP contribution is -2.28. The Morgan fingerprint density at radius 2 is 1.89 bits per heavy atom. The zero-order valence-electron chi connectivity index (χ0n) is 19.4. The Bertz CT molecular complexity index is 1470. The number of aryl methyl sites for hydroxylation is 1. The van der Waals surface area contributed by atoms with E-state index in [0.717, 1.165) is 0 Å². The Morgan fingerprint density at radius 1 is 1.19 bits per heavy atom. The predicted octanol–water partition coefficient (Wildman–Crippen LogP) is 4.64. The Morgan fingerprint density at radius 3 is 2.53 bits per heavy atom. The lowest BCUT2D eigenvalue weighted by Gasteiger charge is -2.14. The molecule has 0 saturated carbocycles. The number of hydrogen-bond acceptors (Lipinski definition) is 6. The molecule has 3 rings (SSSR count).